The number of nitro benzene ring substituents is 1. The minimum absolute atomic E-state index is 0.0633. The first-order valence-corrected chi connectivity index (χ1v) is 10.3. The summed E-state index contributed by atoms with van der Waals surface area (Å²) in [5.41, 5.74) is 0.358. The van der Waals surface area contributed by atoms with Crippen LogP contribution in [0.3, 0.4) is 0 Å². The molecule has 1 amide bonds. The summed E-state index contributed by atoms with van der Waals surface area (Å²) in [5, 5.41) is 18.0. The van der Waals surface area contributed by atoms with Gasteiger partial charge in [-0.15, -0.1) is 0 Å². The number of nitrogens with zero attached hydrogens (tertiary/aromatic N) is 3. The molecule has 1 aliphatic carbocycles. The minimum Gasteiger partial charge on any atom is -0.480 e. The molecule has 166 valence electrons. The summed E-state index contributed by atoms with van der Waals surface area (Å²) in [5.74, 6) is -0.433. The first-order valence-electron chi connectivity index (χ1n) is 10.3. The van der Waals surface area contributed by atoms with E-state index >= 15 is 0 Å². The molecule has 1 saturated carbocycles. The molecule has 1 N–H and O–H groups in total. The lowest BCUT2D eigenvalue weighted by Gasteiger charge is -2.29. The summed E-state index contributed by atoms with van der Waals surface area (Å²) in [7, 11) is 0. The molecule has 3 rings (SSSR count). The van der Waals surface area contributed by atoms with Gasteiger partial charge in [-0.1, -0.05) is 19.8 Å². The van der Waals surface area contributed by atoms with Gasteiger partial charge in [0.05, 0.1) is 23.4 Å². The van der Waals surface area contributed by atoms with Crippen molar-refractivity contribution in [1.82, 2.24) is 15.1 Å². The SMILES string of the molecule is CCOC(=O)c1nn(-c2ccc([N+](=O)[O-])cc2)cc1OCC(=O)N[C@H]1CCCC[C@@H]1C. The Hall–Kier alpha value is -3.43. The number of nitro groups is 1. The number of rotatable bonds is 8. The second-order valence-electron chi connectivity index (χ2n) is 7.50. The smallest absolute Gasteiger partial charge is 0.362 e. The zero-order valence-corrected chi connectivity index (χ0v) is 17.6. The molecule has 0 spiro atoms. The molecule has 1 aromatic heterocycles. The highest BCUT2D eigenvalue weighted by molar-refractivity contribution is 5.90. The van der Waals surface area contributed by atoms with E-state index in [1.54, 1.807) is 6.92 Å². The quantitative estimate of drug-likeness (QED) is 0.387. The second-order valence-corrected chi connectivity index (χ2v) is 7.50. The van der Waals surface area contributed by atoms with E-state index in [1.165, 1.54) is 41.6 Å². The van der Waals surface area contributed by atoms with Gasteiger partial charge in [0.15, 0.2) is 12.4 Å². The molecule has 0 bridgehead atoms. The number of hydrogen-bond donors (Lipinski definition) is 1. The predicted molar refractivity (Wildman–Crippen MR) is 111 cm³/mol. The van der Waals surface area contributed by atoms with E-state index in [2.05, 4.69) is 17.3 Å². The molecule has 2 aromatic rings. The fourth-order valence-electron chi connectivity index (χ4n) is 3.59. The Balaban J connectivity index is 1.74. The normalized spacial score (nSPS) is 18.3. The Morgan fingerprint density at radius 2 is 1.97 bits per heavy atom. The standard InChI is InChI=1S/C21H26N4O6/c1-3-30-21(27)20-18(31-13-19(26)22-17-7-5-4-6-14(17)2)12-24(23-20)15-8-10-16(11-9-15)25(28)29/h8-12,14,17H,3-7,13H2,1-2H3,(H,22,26)/t14-,17-/m0/s1. The molecule has 31 heavy (non-hydrogen) atoms. The van der Waals surface area contributed by atoms with Crippen LogP contribution in [0.5, 0.6) is 5.75 Å². The average Bonchev–Trinajstić information content (AvgIpc) is 3.18. The minimum atomic E-state index is -0.681. The van der Waals surface area contributed by atoms with Crippen molar-refractivity contribution in [3.63, 3.8) is 0 Å². The van der Waals surface area contributed by atoms with Crippen LogP contribution >= 0.6 is 0 Å². The summed E-state index contributed by atoms with van der Waals surface area (Å²) < 4.78 is 12.0. The molecule has 1 heterocycles. The van der Waals surface area contributed by atoms with Gasteiger partial charge >= 0.3 is 5.97 Å². The Morgan fingerprint density at radius 1 is 1.26 bits per heavy atom. The van der Waals surface area contributed by atoms with Gasteiger partial charge in [-0.25, -0.2) is 9.48 Å². The summed E-state index contributed by atoms with van der Waals surface area (Å²) >= 11 is 0. The zero-order chi connectivity index (χ0) is 22.4. The first-order chi connectivity index (χ1) is 14.9. The highest BCUT2D eigenvalue weighted by Gasteiger charge is 2.24. The maximum atomic E-state index is 12.4. The van der Waals surface area contributed by atoms with Gasteiger partial charge in [-0.2, -0.15) is 5.10 Å². The number of amides is 1. The largest absolute Gasteiger partial charge is 0.480 e. The number of aromatic nitrogens is 2. The lowest BCUT2D eigenvalue weighted by molar-refractivity contribution is -0.384. The van der Waals surface area contributed by atoms with Crippen molar-refractivity contribution >= 4 is 17.6 Å². The summed E-state index contributed by atoms with van der Waals surface area (Å²) in [6.45, 7) is 3.69. The van der Waals surface area contributed by atoms with Crippen LogP contribution in [0.15, 0.2) is 30.5 Å². The van der Waals surface area contributed by atoms with E-state index < -0.39 is 10.9 Å². The highest BCUT2D eigenvalue weighted by atomic mass is 16.6. The van der Waals surface area contributed by atoms with Crippen LogP contribution in [0, 0.1) is 16.0 Å². The van der Waals surface area contributed by atoms with Crippen LogP contribution < -0.4 is 10.1 Å². The Labute approximate surface area is 179 Å². The van der Waals surface area contributed by atoms with Crippen LogP contribution in [-0.2, 0) is 9.53 Å². The van der Waals surface area contributed by atoms with Crippen LogP contribution in [-0.4, -0.2) is 45.8 Å². The number of benzene rings is 1. The molecule has 2 atom stereocenters. The van der Waals surface area contributed by atoms with Crippen LogP contribution in [0.25, 0.3) is 5.69 Å². The topological polar surface area (TPSA) is 126 Å². The Bertz CT molecular complexity index is 940. The van der Waals surface area contributed by atoms with E-state index in [1.807, 2.05) is 0 Å². The summed E-state index contributed by atoms with van der Waals surface area (Å²) in [4.78, 5) is 35.0. The molecular formula is C21H26N4O6. The van der Waals surface area contributed by atoms with Crippen molar-refractivity contribution in [2.45, 2.75) is 45.6 Å². The summed E-state index contributed by atoms with van der Waals surface area (Å²) in [6, 6.07) is 5.79. The molecule has 1 aromatic carbocycles. The summed E-state index contributed by atoms with van der Waals surface area (Å²) in [6.07, 6.45) is 5.74. The fourth-order valence-corrected chi connectivity index (χ4v) is 3.59. The molecule has 10 nitrogen and oxygen atoms in total. The van der Waals surface area contributed by atoms with Crippen molar-refractivity contribution < 1.29 is 24.0 Å². The first kappa shape index (κ1) is 22.3. The molecule has 1 fully saturated rings. The van der Waals surface area contributed by atoms with E-state index in [0.29, 0.717) is 11.6 Å². The van der Waals surface area contributed by atoms with E-state index in [4.69, 9.17) is 9.47 Å². The monoisotopic (exact) mass is 430 g/mol. The van der Waals surface area contributed by atoms with E-state index in [9.17, 15) is 19.7 Å². The van der Waals surface area contributed by atoms with Crippen molar-refractivity contribution in [3.05, 3.63) is 46.3 Å². The fraction of sp³-hybridized carbons (Fsp3) is 0.476. The van der Waals surface area contributed by atoms with Gasteiger partial charge in [0.2, 0.25) is 5.69 Å². The van der Waals surface area contributed by atoms with E-state index in [-0.39, 0.29) is 42.3 Å². The maximum Gasteiger partial charge on any atom is 0.362 e. The van der Waals surface area contributed by atoms with Gasteiger partial charge < -0.3 is 14.8 Å². The lowest BCUT2D eigenvalue weighted by Crippen LogP contribution is -2.43. The van der Waals surface area contributed by atoms with Crippen molar-refractivity contribution in [1.29, 1.82) is 0 Å². The number of carbonyl (C=O) groups is 2. The molecule has 1 aliphatic rings. The number of non-ortho nitro benzene ring substituents is 1. The number of nitrogens with one attached hydrogen (secondary N) is 1. The van der Waals surface area contributed by atoms with Crippen LogP contribution in [0.2, 0.25) is 0 Å². The molecular weight excluding hydrogens is 404 g/mol. The molecule has 0 unspecified atom stereocenters. The number of ether oxygens (including phenoxy) is 2. The number of carbonyl (C=O) groups excluding carboxylic acids is 2. The third-order valence-corrected chi connectivity index (χ3v) is 5.29. The average molecular weight is 430 g/mol. The number of esters is 1. The van der Waals surface area contributed by atoms with Crippen LogP contribution in [0.1, 0.15) is 50.0 Å². The Morgan fingerprint density at radius 3 is 2.61 bits per heavy atom. The molecule has 10 heteroatoms. The lowest BCUT2D eigenvalue weighted by atomic mass is 9.86. The van der Waals surface area contributed by atoms with Gasteiger partial charge in [-0.05, 0) is 37.8 Å². The molecule has 0 radical (unpaired) electrons. The third kappa shape index (κ3) is 5.59. The Kier molecular flexibility index (Phi) is 7.22. The molecule has 0 saturated heterocycles. The zero-order valence-electron chi connectivity index (χ0n) is 17.6. The van der Waals surface area contributed by atoms with Gasteiger partial charge in [0.25, 0.3) is 11.6 Å². The van der Waals surface area contributed by atoms with Crippen molar-refractivity contribution in [2.75, 3.05) is 13.2 Å². The number of hydrogen-bond acceptors (Lipinski definition) is 7. The van der Waals surface area contributed by atoms with Crippen molar-refractivity contribution in [3.8, 4) is 11.4 Å². The van der Waals surface area contributed by atoms with E-state index in [0.717, 1.165) is 19.3 Å². The third-order valence-electron chi connectivity index (χ3n) is 5.29. The van der Waals surface area contributed by atoms with Gasteiger partial charge in [0, 0.05) is 18.2 Å². The second kappa shape index (κ2) is 10.1. The highest BCUT2D eigenvalue weighted by Crippen LogP contribution is 2.24. The predicted octanol–water partition coefficient (Wildman–Crippen LogP) is 3.03. The maximum absolute atomic E-state index is 12.4. The van der Waals surface area contributed by atoms with Crippen molar-refractivity contribution in [2.24, 2.45) is 5.92 Å². The van der Waals surface area contributed by atoms with Gasteiger partial charge in [0.1, 0.15) is 0 Å². The molecule has 0 aliphatic heterocycles. The van der Waals surface area contributed by atoms with Gasteiger partial charge in [-0.3, -0.25) is 14.9 Å². The van der Waals surface area contributed by atoms with Crippen LogP contribution in [0.4, 0.5) is 5.69 Å².